The Bertz CT molecular complexity index is 613. The standard InChI is InChI=1S/C18H22N2O.ClH/c1-13(2)15-10-7-11-16(12-15)20(3)18(21)17(19)14-8-5-4-6-9-14;/h4-13,17H,19H2,1-3H3;1H. The Balaban J connectivity index is 0.00000242. The lowest BCUT2D eigenvalue weighted by molar-refractivity contribution is -0.119. The molecule has 0 fully saturated rings. The third kappa shape index (κ3) is 4.09. The molecule has 0 aromatic heterocycles. The smallest absolute Gasteiger partial charge is 0.248 e. The van der Waals surface area contributed by atoms with Crippen LogP contribution in [0.2, 0.25) is 0 Å². The first-order valence-electron chi connectivity index (χ1n) is 7.18. The Morgan fingerprint density at radius 2 is 1.59 bits per heavy atom. The number of nitrogens with zero attached hydrogens (tertiary/aromatic N) is 1. The van der Waals surface area contributed by atoms with Gasteiger partial charge in [-0.2, -0.15) is 0 Å². The topological polar surface area (TPSA) is 46.3 Å². The number of carbonyl (C=O) groups excluding carboxylic acids is 1. The highest BCUT2D eigenvalue weighted by Gasteiger charge is 2.20. The van der Waals surface area contributed by atoms with Crippen LogP contribution >= 0.6 is 12.4 Å². The van der Waals surface area contributed by atoms with Crippen molar-refractivity contribution in [3.63, 3.8) is 0 Å². The lowest BCUT2D eigenvalue weighted by Gasteiger charge is -2.22. The number of benzene rings is 2. The highest BCUT2D eigenvalue weighted by molar-refractivity contribution is 5.97. The van der Waals surface area contributed by atoms with Crippen LogP contribution in [0.4, 0.5) is 5.69 Å². The quantitative estimate of drug-likeness (QED) is 0.929. The zero-order chi connectivity index (χ0) is 15.4. The molecule has 3 nitrogen and oxygen atoms in total. The molecule has 0 heterocycles. The van der Waals surface area contributed by atoms with Crippen molar-refractivity contribution < 1.29 is 4.79 Å². The van der Waals surface area contributed by atoms with E-state index in [1.807, 2.05) is 48.5 Å². The largest absolute Gasteiger partial charge is 0.316 e. The number of carbonyl (C=O) groups is 1. The minimum absolute atomic E-state index is 0. The van der Waals surface area contributed by atoms with Crippen molar-refractivity contribution in [3.8, 4) is 0 Å². The van der Waals surface area contributed by atoms with E-state index in [-0.39, 0.29) is 18.3 Å². The molecule has 2 aromatic carbocycles. The summed E-state index contributed by atoms with van der Waals surface area (Å²) in [6.45, 7) is 4.27. The van der Waals surface area contributed by atoms with E-state index < -0.39 is 6.04 Å². The van der Waals surface area contributed by atoms with E-state index in [0.717, 1.165) is 11.3 Å². The molecule has 2 N–H and O–H groups in total. The number of hydrogen-bond acceptors (Lipinski definition) is 2. The molecule has 0 aliphatic heterocycles. The van der Waals surface area contributed by atoms with Gasteiger partial charge in [0.2, 0.25) is 5.91 Å². The number of hydrogen-bond donors (Lipinski definition) is 1. The van der Waals surface area contributed by atoms with Crippen molar-refractivity contribution in [3.05, 3.63) is 65.7 Å². The maximum absolute atomic E-state index is 12.5. The molecule has 1 unspecified atom stereocenters. The summed E-state index contributed by atoms with van der Waals surface area (Å²) in [7, 11) is 1.77. The Labute approximate surface area is 138 Å². The van der Waals surface area contributed by atoms with Crippen LogP contribution in [0.1, 0.15) is 36.9 Å². The number of amides is 1. The zero-order valence-electron chi connectivity index (χ0n) is 13.2. The molecule has 1 atom stereocenters. The molecule has 0 aliphatic rings. The summed E-state index contributed by atoms with van der Waals surface area (Å²) in [5.74, 6) is 0.318. The molecule has 118 valence electrons. The van der Waals surface area contributed by atoms with Crippen LogP contribution in [0.3, 0.4) is 0 Å². The van der Waals surface area contributed by atoms with Gasteiger partial charge >= 0.3 is 0 Å². The normalized spacial score (nSPS) is 11.7. The van der Waals surface area contributed by atoms with E-state index in [4.69, 9.17) is 5.73 Å². The number of nitrogens with two attached hydrogens (primary N) is 1. The van der Waals surface area contributed by atoms with Crippen LogP contribution in [0, 0.1) is 0 Å². The summed E-state index contributed by atoms with van der Waals surface area (Å²) < 4.78 is 0. The van der Waals surface area contributed by atoms with Gasteiger partial charge in [0.05, 0.1) is 0 Å². The highest BCUT2D eigenvalue weighted by atomic mass is 35.5. The van der Waals surface area contributed by atoms with Crippen LogP contribution in [0.25, 0.3) is 0 Å². The van der Waals surface area contributed by atoms with Gasteiger partial charge in [0, 0.05) is 12.7 Å². The number of anilines is 1. The molecule has 0 aliphatic carbocycles. The maximum atomic E-state index is 12.5. The number of rotatable bonds is 4. The predicted octanol–water partition coefficient (Wildman–Crippen LogP) is 3.89. The Hall–Kier alpha value is -1.84. The van der Waals surface area contributed by atoms with Crippen molar-refractivity contribution in [1.82, 2.24) is 0 Å². The van der Waals surface area contributed by atoms with Gasteiger partial charge < -0.3 is 10.6 Å². The van der Waals surface area contributed by atoms with Crippen LogP contribution in [-0.4, -0.2) is 13.0 Å². The average Bonchev–Trinajstić information content (AvgIpc) is 2.53. The second-order valence-corrected chi connectivity index (χ2v) is 5.54. The first kappa shape index (κ1) is 18.2. The van der Waals surface area contributed by atoms with E-state index in [2.05, 4.69) is 19.9 Å². The molecule has 22 heavy (non-hydrogen) atoms. The first-order chi connectivity index (χ1) is 10.0. The summed E-state index contributed by atoms with van der Waals surface area (Å²) in [5.41, 5.74) is 8.99. The average molecular weight is 319 g/mol. The number of halogens is 1. The molecule has 0 saturated heterocycles. The molecule has 0 saturated carbocycles. The second kappa shape index (κ2) is 7.97. The van der Waals surface area contributed by atoms with Crippen LogP contribution in [0.15, 0.2) is 54.6 Å². The fraction of sp³-hybridized carbons (Fsp3) is 0.278. The lowest BCUT2D eigenvalue weighted by Crippen LogP contribution is -2.35. The van der Waals surface area contributed by atoms with Gasteiger partial charge in [-0.25, -0.2) is 0 Å². The summed E-state index contributed by atoms with van der Waals surface area (Å²) in [4.78, 5) is 14.2. The molecule has 4 heteroatoms. The van der Waals surface area contributed by atoms with Gasteiger partial charge in [0.25, 0.3) is 0 Å². The van der Waals surface area contributed by atoms with Crippen molar-refractivity contribution in [2.75, 3.05) is 11.9 Å². The fourth-order valence-corrected chi connectivity index (χ4v) is 2.23. The molecule has 2 rings (SSSR count). The van der Waals surface area contributed by atoms with Gasteiger partial charge in [-0.05, 0) is 29.2 Å². The zero-order valence-corrected chi connectivity index (χ0v) is 14.0. The molecule has 0 bridgehead atoms. The summed E-state index contributed by atoms with van der Waals surface area (Å²) in [6.07, 6.45) is 0. The highest BCUT2D eigenvalue weighted by Crippen LogP contribution is 2.23. The van der Waals surface area contributed by atoms with Crippen LogP contribution in [0.5, 0.6) is 0 Å². The monoisotopic (exact) mass is 318 g/mol. The summed E-state index contributed by atoms with van der Waals surface area (Å²) in [5, 5.41) is 0. The van der Waals surface area contributed by atoms with E-state index in [9.17, 15) is 4.79 Å². The minimum atomic E-state index is -0.640. The van der Waals surface area contributed by atoms with E-state index in [1.165, 1.54) is 5.56 Å². The fourth-order valence-electron chi connectivity index (χ4n) is 2.23. The van der Waals surface area contributed by atoms with Gasteiger partial charge in [-0.1, -0.05) is 56.3 Å². The Morgan fingerprint density at radius 1 is 1.00 bits per heavy atom. The minimum Gasteiger partial charge on any atom is -0.316 e. The van der Waals surface area contributed by atoms with E-state index in [1.54, 1.807) is 11.9 Å². The van der Waals surface area contributed by atoms with Crippen molar-refractivity contribution in [1.29, 1.82) is 0 Å². The Morgan fingerprint density at radius 3 is 2.18 bits per heavy atom. The molecule has 1 amide bonds. The van der Waals surface area contributed by atoms with Crippen molar-refractivity contribution in [2.24, 2.45) is 5.73 Å². The summed E-state index contributed by atoms with van der Waals surface area (Å²) >= 11 is 0. The third-order valence-electron chi connectivity index (χ3n) is 3.68. The van der Waals surface area contributed by atoms with Crippen LogP contribution in [-0.2, 0) is 4.79 Å². The Kier molecular flexibility index (Phi) is 6.60. The van der Waals surface area contributed by atoms with Crippen molar-refractivity contribution >= 4 is 24.0 Å². The van der Waals surface area contributed by atoms with Gasteiger partial charge in [0.15, 0.2) is 0 Å². The molecule has 0 spiro atoms. The van der Waals surface area contributed by atoms with Gasteiger partial charge in [-0.3, -0.25) is 4.79 Å². The number of likely N-dealkylation sites (N-methyl/N-ethyl adjacent to an activating group) is 1. The predicted molar refractivity (Wildman–Crippen MR) is 94.6 cm³/mol. The lowest BCUT2D eigenvalue weighted by atomic mass is 10.0. The van der Waals surface area contributed by atoms with E-state index >= 15 is 0 Å². The second-order valence-electron chi connectivity index (χ2n) is 5.54. The van der Waals surface area contributed by atoms with E-state index in [0.29, 0.717) is 5.92 Å². The first-order valence-corrected chi connectivity index (χ1v) is 7.18. The van der Waals surface area contributed by atoms with Crippen LogP contribution < -0.4 is 10.6 Å². The molecular weight excluding hydrogens is 296 g/mol. The third-order valence-corrected chi connectivity index (χ3v) is 3.68. The van der Waals surface area contributed by atoms with Gasteiger partial charge in [-0.15, -0.1) is 12.4 Å². The summed E-state index contributed by atoms with van der Waals surface area (Å²) in [6, 6.07) is 16.8. The molecule has 0 radical (unpaired) electrons. The maximum Gasteiger partial charge on any atom is 0.248 e. The molecule has 2 aromatic rings. The van der Waals surface area contributed by atoms with Crippen molar-refractivity contribution in [2.45, 2.75) is 25.8 Å². The van der Waals surface area contributed by atoms with Gasteiger partial charge in [0.1, 0.15) is 6.04 Å². The SMILES string of the molecule is CC(C)c1cccc(N(C)C(=O)C(N)c2ccccc2)c1.Cl. The molecular formula is C18H23ClN2O.